The van der Waals surface area contributed by atoms with E-state index in [2.05, 4.69) is 20.8 Å². The van der Waals surface area contributed by atoms with E-state index < -0.39 is 11.9 Å². The van der Waals surface area contributed by atoms with Crippen LogP contribution in [0.5, 0.6) is 17.2 Å². The van der Waals surface area contributed by atoms with Crippen molar-refractivity contribution in [3.8, 4) is 27.8 Å². The topological polar surface area (TPSA) is 112 Å². The van der Waals surface area contributed by atoms with Gasteiger partial charge >= 0.3 is 0 Å². The summed E-state index contributed by atoms with van der Waals surface area (Å²) in [4.78, 5) is 25.9. The molecule has 0 aliphatic rings. The smallest absolute Gasteiger partial charge is 0.255 e. The first-order chi connectivity index (χ1) is 15.9. The highest BCUT2D eigenvalue weighted by Crippen LogP contribution is 2.29. The van der Waals surface area contributed by atoms with E-state index in [1.54, 1.807) is 25.3 Å². The third-order valence-electron chi connectivity index (χ3n) is 4.86. The molecular formula is C23H26N4O5S. The molecule has 1 unspecified atom stereocenters. The molecule has 2 amide bonds. The second-order valence-electron chi connectivity index (χ2n) is 7.39. The van der Waals surface area contributed by atoms with Crippen LogP contribution < -0.4 is 24.8 Å². The fraction of sp³-hybridized carbons (Fsp3) is 0.304. The zero-order valence-corrected chi connectivity index (χ0v) is 19.9. The number of nitrogens with one attached hydrogen (secondary N) is 2. The quantitative estimate of drug-likeness (QED) is 0.491. The summed E-state index contributed by atoms with van der Waals surface area (Å²) in [5.74, 6) is 0.608. The Morgan fingerprint density at radius 2 is 1.67 bits per heavy atom. The van der Waals surface area contributed by atoms with Crippen molar-refractivity contribution in [1.82, 2.24) is 15.5 Å². The summed E-state index contributed by atoms with van der Waals surface area (Å²) in [6.45, 7) is 3.69. The van der Waals surface area contributed by atoms with Gasteiger partial charge in [-0.15, -0.1) is 10.2 Å². The molecule has 0 aliphatic carbocycles. The maximum atomic E-state index is 13.0. The molecule has 0 aliphatic heterocycles. The zero-order valence-electron chi connectivity index (χ0n) is 19.0. The lowest BCUT2D eigenvalue weighted by molar-refractivity contribution is -0.118. The first-order valence-corrected chi connectivity index (χ1v) is 11.0. The van der Waals surface area contributed by atoms with Gasteiger partial charge in [-0.1, -0.05) is 37.3 Å². The molecule has 9 nitrogen and oxygen atoms in total. The first kappa shape index (κ1) is 24.0. The number of methoxy groups -OCH3 is 3. The van der Waals surface area contributed by atoms with Crippen LogP contribution in [0, 0.1) is 5.92 Å². The molecule has 0 saturated carbocycles. The lowest BCUT2D eigenvalue weighted by Gasteiger charge is -2.21. The molecule has 33 heavy (non-hydrogen) atoms. The maximum Gasteiger partial charge on any atom is 0.255 e. The zero-order chi connectivity index (χ0) is 24.0. The predicted molar refractivity (Wildman–Crippen MR) is 126 cm³/mol. The summed E-state index contributed by atoms with van der Waals surface area (Å²) < 4.78 is 15.7. The number of nitrogens with zero attached hydrogens (tertiary/aromatic N) is 2. The average Bonchev–Trinajstić information content (AvgIpc) is 3.30. The summed E-state index contributed by atoms with van der Waals surface area (Å²) in [5.41, 5.74) is 1.13. The highest BCUT2D eigenvalue weighted by Gasteiger charge is 2.27. The Hall–Kier alpha value is -3.66. The Morgan fingerprint density at radius 3 is 2.33 bits per heavy atom. The van der Waals surface area contributed by atoms with Crippen LogP contribution in [-0.2, 0) is 4.79 Å². The standard InChI is InChI=1S/C23H26N4O5S/c1-13(2)19(24-20(28)17-10-9-16(31-4)12-18(17)32-5)21(29)25-23-27-26-22(33-23)14-7-6-8-15(11-14)30-3/h6-13,19H,1-5H3,(H,24,28)(H,25,27,29). The number of ether oxygens (including phenoxy) is 3. The van der Waals surface area contributed by atoms with E-state index in [-0.39, 0.29) is 11.8 Å². The summed E-state index contributed by atoms with van der Waals surface area (Å²) >= 11 is 1.23. The monoisotopic (exact) mass is 470 g/mol. The molecule has 0 bridgehead atoms. The lowest BCUT2D eigenvalue weighted by atomic mass is 10.0. The number of anilines is 1. The minimum Gasteiger partial charge on any atom is -0.497 e. The van der Waals surface area contributed by atoms with Crippen LogP contribution in [-0.4, -0.2) is 49.4 Å². The lowest BCUT2D eigenvalue weighted by Crippen LogP contribution is -2.47. The number of aromatic nitrogens is 2. The van der Waals surface area contributed by atoms with E-state index in [0.717, 1.165) is 5.56 Å². The van der Waals surface area contributed by atoms with Crippen molar-refractivity contribution in [2.24, 2.45) is 5.92 Å². The average molecular weight is 471 g/mol. The third kappa shape index (κ3) is 5.78. The van der Waals surface area contributed by atoms with E-state index in [9.17, 15) is 9.59 Å². The van der Waals surface area contributed by atoms with Gasteiger partial charge in [0.1, 0.15) is 28.3 Å². The minimum atomic E-state index is -0.798. The molecule has 3 aromatic rings. The number of carbonyl (C=O) groups excluding carboxylic acids is 2. The van der Waals surface area contributed by atoms with E-state index >= 15 is 0 Å². The Bertz CT molecular complexity index is 1130. The van der Waals surface area contributed by atoms with Gasteiger partial charge in [0.2, 0.25) is 11.0 Å². The van der Waals surface area contributed by atoms with Crippen LogP contribution in [0.25, 0.3) is 10.6 Å². The van der Waals surface area contributed by atoms with Gasteiger partial charge in [0.25, 0.3) is 5.91 Å². The van der Waals surface area contributed by atoms with Crippen LogP contribution >= 0.6 is 11.3 Å². The Labute approximate surface area is 196 Å². The number of rotatable bonds is 9. The van der Waals surface area contributed by atoms with E-state index in [4.69, 9.17) is 14.2 Å². The SMILES string of the molecule is COc1cccc(-c2nnc(NC(=O)C(NC(=O)c3ccc(OC)cc3OC)C(C)C)s2)c1. The highest BCUT2D eigenvalue weighted by molar-refractivity contribution is 7.18. The molecule has 2 aromatic carbocycles. The predicted octanol–water partition coefficient (Wildman–Crippen LogP) is 3.62. The third-order valence-corrected chi connectivity index (χ3v) is 5.75. The van der Waals surface area contributed by atoms with Gasteiger partial charge in [-0.25, -0.2) is 0 Å². The molecule has 10 heteroatoms. The molecule has 174 valence electrons. The van der Waals surface area contributed by atoms with E-state index in [0.29, 0.717) is 33.0 Å². The molecule has 1 aromatic heterocycles. The summed E-state index contributed by atoms with van der Waals surface area (Å²) in [6.07, 6.45) is 0. The molecule has 1 heterocycles. The van der Waals surface area contributed by atoms with Crippen molar-refractivity contribution in [3.05, 3.63) is 48.0 Å². The highest BCUT2D eigenvalue weighted by atomic mass is 32.1. The molecule has 0 spiro atoms. The number of hydrogen-bond donors (Lipinski definition) is 2. The normalized spacial score (nSPS) is 11.6. The van der Waals surface area contributed by atoms with Crippen molar-refractivity contribution in [2.45, 2.75) is 19.9 Å². The molecule has 1 atom stereocenters. The fourth-order valence-corrected chi connectivity index (χ4v) is 3.81. The molecule has 2 N–H and O–H groups in total. The second kappa shape index (κ2) is 10.8. The van der Waals surface area contributed by atoms with Crippen molar-refractivity contribution in [1.29, 1.82) is 0 Å². The number of carbonyl (C=O) groups is 2. The summed E-state index contributed by atoms with van der Waals surface area (Å²) in [5, 5.41) is 14.7. The van der Waals surface area contributed by atoms with Gasteiger partial charge < -0.3 is 19.5 Å². The Morgan fingerprint density at radius 1 is 0.939 bits per heavy atom. The number of benzene rings is 2. The first-order valence-electron chi connectivity index (χ1n) is 10.2. The Balaban J connectivity index is 1.73. The van der Waals surface area contributed by atoms with Gasteiger partial charge in [0.15, 0.2) is 0 Å². The molecule has 0 fully saturated rings. The summed E-state index contributed by atoms with van der Waals surface area (Å²) in [7, 11) is 4.58. The number of hydrogen-bond acceptors (Lipinski definition) is 8. The van der Waals surface area contributed by atoms with Crippen molar-refractivity contribution >= 4 is 28.3 Å². The van der Waals surface area contributed by atoms with Crippen LogP contribution in [0.15, 0.2) is 42.5 Å². The van der Waals surface area contributed by atoms with Crippen LogP contribution in [0.1, 0.15) is 24.2 Å². The summed E-state index contributed by atoms with van der Waals surface area (Å²) in [6, 6.07) is 11.5. The van der Waals surface area contributed by atoms with E-state index in [1.807, 2.05) is 38.1 Å². The van der Waals surface area contributed by atoms with Crippen LogP contribution in [0.4, 0.5) is 5.13 Å². The maximum absolute atomic E-state index is 13.0. The molecule has 0 saturated heterocycles. The van der Waals surface area contributed by atoms with Gasteiger partial charge in [-0.3, -0.25) is 14.9 Å². The largest absolute Gasteiger partial charge is 0.497 e. The molecule has 3 rings (SSSR count). The fourth-order valence-electron chi connectivity index (χ4n) is 3.07. The van der Waals surface area contributed by atoms with E-state index in [1.165, 1.54) is 25.6 Å². The van der Waals surface area contributed by atoms with Crippen molar-refractivity contribution in [2.75, 3.05) is 26.6 Å². The van der Waals surface area contributed by atoms with Gasteiger partial charge in [-0.2, -0.15) is 0 Å². The minimum absolute atomic E-state index is 0.177. The van der Waals surface area contributed by atoms with Crippen molar-refractivity contribution < 1.29 is 23.8 Å². The van der Waals surface area contributed by atoms with Gasteiger partial charge in [-0.05, 0) is 30.2 Å². The van der Waals surface area contributed by atoms with Crippen LogP contribution in [0.3, 0.4) is 0 Å². The Kier molecular flexibility index (Phi) is 7.83. The van der Waals surface area contributed by atoms with Crippen molar-refractivity contribution in [3.63, 3.8) is 0 Å². The molecular weight excluding hydrogens is 444 g/mol. The van der Waals surface area contributed by atoms with Gasteiger partial charge in [0.05, 0.1) is 26.9 Å². The number of amides is 2. The van der Waals surface area contributed by atoms with Crippen LogP contribution in [0.2, 0.25) is 0 Å². The second-order valence-corrected chi connectivity index (χ2v) is 8.37. The van der Waals surface area contributed by atoms with Gasteiger partial charge in [0, 0.05) is 11.6 Å². The molecule has 0 radical (unpaired) electrons.